The molecule has 1 aliphatic heterocycles. The fraction of sp³-hybridized carbons (Fsp3) is 0.136. The maximum absolute atomic E-state index is 12.8. The molecule has 0 saturated heterocycles. The third-order valence-electron chi connectivity index (χ3n) is 5.16. The molecule has 0 fully saturated rings. The van der Waals surface area contributed by atoms with Crippen LogP contribution in [-0.2, 0) is 15.7 Å². The number of esters is 1. The Hall–Kier alpha value is -4.12. The number of phosphoric ester groups is 1. The number of hydrogen-bond donors (Lipinski definition) is 7. The minimum Gasteiger partial charge on any atom is -0.508 e. The standard InChI is InChI=1S/C22H19O12P/c23-12-7-15(24)14-9-19(33-22(28)10-1-3-13(4-2-10)34-35(29,30)31)21(32-18(14)8-12)11-5-16(25)20(27)17(26)6-11/h1-8,19,21,23-27H,9H2,(H2,29,30,31)/t19-,21-/m1/s1. The lowest BCUT2D eigenvalue weighted by Gasteiger charge is -2.34. The molecule has 0 bridgehead atoms. The summed E-state index contributed by atoms with van der Waals surface area (Å²) in [5.41, 5.74) is 0.350. The highest BCUT2D eigenvalue weighted by atomic mass is 31.2. The van der Waals surface area contributed by atoms with Crippen molar-refractivity contribution in [2.45, 2.75) is 18.6 Å². The molecule has 0 spiro atoms. The van der Waals surface area contributed by atoms with Crippen molar-refractivity contribution in [1.29, 1.82) is 0 Å². The van der Waals surface area contributed by atoms with Gasteiger partial charge >= 0.3 is 13.8 Å². The van der Waals surface area contributed by atoms with Crippen molar-refractivity contribution in [3.63, 3.8) is 0 Å². The zero-order chi connectivity index (χ0) is 25.5. The zero-order valence-corrected chi connectivity index (χ0v) is 18.5. The molecule has 0 saturated carbocycles. The maximum atomic E-state index is 12.8. The summed E-state index contributed by atoms with van der Waals surface area (Å²) < 4.78 is 26.8. The Balaban J connectivity index is 1.66. The van der Waals surface area contributed by atoms with Crippen molar-refractivity contribution in [2.75, 3.05) is 0 Å². The van der Waals surface area contributed by atoms with Crippen LogP contribution in [0.15, 0.2) is 48.5 Å². The number of phenols is 5. The number of fused-ring (bicyclic) bond motifs is 1. The number of phosphoric acid groups is 1. The molecule has 7 N–H and O–H groups in total. The van der Waals surface area contributed by atoms with Crippen LogP contribution in [0.2, 0.25) is 0 Å². The van der Waals surface area contributed by atoms with Crippen LogP contribution in [0.3, 0.4) is 0 Å². The molecule has 35 heavy (non-hydrogen) atoms. The van der Waals surface area contributed by atoms with E-state index in [1.807, 2.05) is 0 Å². The third kappa shape index (κ3) is 5.19. The summed E-state index contributed by atoms with van der Waals surface area (Å²) in [6, 6.07) is 9.26. The number of hydrogen-bond acceptors (Lipinski definition) is 10. The van der Waals surface area contributed by atoms with Gasteiger partial charge in [-0.05, 0) is 36.4 Å². The quantitative estimate of drug-likeness (QED) is 0.152. The predicted octanol–water partition coefficient (Wildman–Crippen LogP) is 2.59. The molecule has 0 aliphatic carbocycles. The van der Waals surface area contributed by atoms with Crippen LogP contribution in [0.4, 0.5) is 0 Å². The van der Waals surface area contributed by atoms with Crippen molar-refractivity contribution >= 4 is 13.8 Å². The molecule has 1 aliphatic rings. The van der Waals surface area contributed by atoms with Crippen molar-refractivity contribution in [3.05, 3.63) is 65.2 Å². The monoisotopic (exact) mass is 506 g/mol. The van der Waals surface area contributed by atoms with Gasteiger partial charge in [0, 0.05) is 29.7 Å². The Labute approximate surface area is 197 Å². The number of benzene rings is 3. The molecule has 1 heterocycles. The van der Waals surface area contributed by atoms with Crippen LogP contribution >= 0.6 is 7.82 Å². The summed E-state index contributed by atoms with van der Waals surface area (Å²) in [6.07, 6.45) is -2.33. The summed E-state index contributed by atoms with van der Waals surface area (Å²) in [6.45, 7) is 0. The number of ether oxygens (including phenoxy) is 2. The Morgan fingerprint density at radius 3 is 2.14 bits per heavy atom. The number of carbonyl (C=O) groups excluding carboxylic acids is 1. The molecule has 184 valence electrons. The van der Waals surface area contributed by atoms with E-state index in [0.29, 0.717) is 0 Å². The molecule has 12 nitrogen and oxygen atoms in total. The molecule has 3 aromatic rings. The normalized spacial score (nSPS) is 17.2. The number of phenolic OH excluding ortho intramolecular Hbond substituents is 5. The lowest BCUT2D eigenvalue weighted by Crippen LogP contribution is -2.34. The van der Waals surface area contributed by atoms with E-state index < -0.39 is 43.2 Å². The van der Waals surface area contributed by atoms with Crippen LogP contribution in [0.25, 0.3) is 0 Å². The van der Waals surface area contributed by atoms with Crippen molar-refractivity contribution in [2.24, 2.45) is 0 Å². The first kappa shape index (κ1) is 24.0. The van der Waals surface area contributed by atoms with E-state index >= 15 is 0 Å². The molecule has 0 amide bonds. The van der Waals surface area contributed by atoms with E-state index in [4.69, 9.17) is 19.3 Å². The largest absolute Gasteiger partial charge is 0.524 e. The van der Waals surface area contributed by atoms with Gasteiger partial charge in [-0.15, -0.1) is 0 Å². The molecular formula is C22H19O12P. The first-order valence-corrected chi connectivity index (χ1v) is 11.5. The Morgan fingerprint density at radius 2 is 1.54 bits per heavy atom. The van der Waals surface area contributed by atoms with Gasteiger partial charge in [-0.25, -0.2) is 9.36 Å². The SMILES string of the molecule is O=C(O[C@@H]1Cc2c(O)cc(O)cc2O[C@@H]1c1cc(O)c(O)c(O)c1)c1ccc(OP(=O)(O)O)cc1. The number of rotatable bonds is 5. The van der Waals surface area contributed by atoms with Gasteiger partial charge in [0.05, 0.1) is 5.56 Å². The molecule has 0 unspecified atom stereocenters. The Kier molecular flexibility index (Phi) is 6.12. The smallest absolute Gasteiger partial charge is 0.508 e. The van der Waals surface area contributed by atoms with Crippen molar-refractivity contribution in [1.82, 2.24) is 0 Å². The van der Waals surface area contributed by atoms with Crippen LogP contribution in [0, 0.1) is 0 Å². The molecule has 13 heteroatoms. The topological polar surface area (TPSA) is 203 Å². The molecule has 3 aromatic carbocycles. The third-order valence-corrected chi connectivity index (χ3v) is 5.61. The molecule has 4 rings (SSSR count). The first-order valence-electron chi connectivity index (χ1n) is 9.94. The summed E-state index contributed by atoms with van der Waals surface area (Å²) in [7, 11) is -4.78. The summed E-state index contributed by atoms with van der Waals surface area (Å²) in [5, 5.41) is 49.6. The lowest BCUT2D eigenvalue weighted by molar-refractivity contribution is -0.0188. The fourth-order valence-corrected chi connectivity index (χ4v) is 4.01. The van der Waals surface area contributed by atoms with Crippen molar-refractivity contribution in [3.8, 4) is 40.2 Å². The summed E-state index contributed by atoms with van der Waals surface area (Å²) in [5.74, 6) is -3.63. The second-order valence-corrected chi connectivity index (χ2v) is 8.81. The second kappa shape index (κ2) is 8.91. The van der Waals surface area contributed by atoms with Gasteiger partial charge in [0.2, 0.25) is 0 Å². The highest BCUT2D eigenvalue weighted by Gasteiger charge is 2.37. The maximum Gasteiger partial charge on any atom is 0.524 e. The predicted molar refractivity (Wildman–Crippen MR) is 117 cm³/mol. The summed E-state index contributed by atoms with van der Waals surface area (Å²) in [4.78, 5) is 30.6. The minimum absolute atomic E-state index is 0.000984. The van der Waals surface area contributed by atoms with Gasteiger partial charge in [0.25, 0.3) is 0 Å². The van der Waals surface area contributed by atoms with Gasteiger partial charge in [0.15, 0.2) is 23.4 Å². The van der Waals surface area contributed by atoms with Gasteiger partial charge < -0.3 is 39.5 Å². The molecule has 0 aromatic heterocycles. The first-order chi connectivity index (χ1) is 16.4. The van der Waals surface area contributed by atoms with E-state index in [0.717, 1.165) is 30.3 Å². The number of carbonyl (C=O) groups is 1. The average Bonchev–Trinajstić information content (AvgIpc) is 2.76. The van der Waals surface area contributed by atoms with Gasteiger partial charge in [-0.3, -0.25) is 9.79 Å². The minimum atomic E-state index is -4.78. The lowest BCUT2D eigenvalue weighted by atomic mass is 9.93. The number of aromatic hydroxyl groups is 5. The molecule has 2 atom stereocenters. The van der Waals surface area contributed by atoms with Crippen LogP contribution in [0.1, 0.15) is 27.6 Å². The van der Waals surface area contributed by atoms with Crippen LogP contribution in [0.5, 0.6) is 40.2 Å². The summed E-state index contributed by atoms with van der Waals surface area (Å²) >= 11 is 0. The van der Waals surface area contributed by atoms with Gasteiger partial charge in [0.1, 0.15) is 29.1 Å². The molecular weight excluding hydrogens is 487 g/mol. The van der Waals surface area contributed by atoms with Gasteiger partial charge in [-0.1, -0.05) is 0 Å². The van der Waals surface area contributed by atoms with E-state index in [1.165, 1.54) is 18.2 Å². The Bertz CT molecular complexity index is 1310. The highest BCUT2D eigenvalue weighted by molar-refractivity contribution is 7.46. The van der Waals surface area contributed by atoms with E-state index in [-0.39, 0.29) is 46.1 Å². The second-order valence-electron chi connectivity index (χ2n) is 7.64. The van der Waals surface area contributed by atoms with E-state index in [2.05, 4.69) is 4.52 Å². The highest BCUT2D eigenvalue weighted by Crippen LogP contribution is 2.45. The van der Waals surface area contributed by atoms with Crippen molar-refractivity contribution < 1.29 is 58.7 Å². The van der Waals surface area contributed by atoms with Crippen LogP contribution in [-0.4, -0.2) is 47.4 Å². The van der Waals surface area contributed by atoms with Crippen LogP contribution < -0.4 is 9.26 Å². The fourth-order valence-electron chi connectivity index (χ4n) is 3.62. The van der Waals surface area contributed by atoms with E-state index in [1.54, 1.807) is 0 Å². The zero-order valence-electron chi connectivity index (χ0n) is 17.6. The van der Waals surface area contributed by atoms with E-state index in [9.17, 15) is 34.9 Å². The van der Waals surface area contributed by atoms with Gasteiger partial charge in [-0.2, -0.15) is 0 Å². The average molecular weight is 506 g/mol. The Morgan fingerprint density at radius 1 is 0.914 bits per heavy atom. The molecule has 0 radical (unpaired) electrons.